The first-order valence-electron chi connectivity index (χ1n) is 20.4. The molecule has 0 bridgehead atoms. The van der Waals surface area contributed by atoms with Crippen LogP contribution in [0.25, 0.3) is 44.6 Å². The fourth-order valence-electron chi connectivity index (χ4n) is 10.1. The average Bonchev–Trinajstić information content (AvgIpc) is 3.94. The third kappa shape index (κ3) is 5.14. The van der Waals surface area contributed by atoms with E-state index in [4.69, 9.17) is 5.10 Å². The van der Waals surface area contributed by atoms with E-state index in [0.717, 1.165) is 25.8 Å². The number of fused-ring (bicyclic) bond motifs is 8. The van der Waals surface area contributed by atoms with Gasteiger partial charge in [0.1, 0.15) is 0 Å². The minimum absolute atomic E-state index is 0.993. The molecule has 1 aliphatic carbocycles. The van der Waals surface area contributed by atoms with Crippen LogP contribution in [-0.4, -0.2) is 27.0 Å². The van der Waals surface area contributed by atoms with Gasteiger partial charge in [-0.2, -0.15) is 5.10 Å². The predicted molar refractivity (Wildman–Crippen MR) is 235 cm³/mol. The Labute approximate surface area is 329 Å². The van der Waals surface area contributed by atoms with Gasteiger partial charge in [0.15, 0.2) is 8.07 Å². The van der Waals surface area contributed by atoms with Gasteiger partial charge >= 0.3 is 0 Å². The molecule has 272 valence electrons. The van der Waals surface area contributed by atoms with Crippen molar-refractivity contribution in [3.8, 4) is 22.8 Å². The average molecular weight is 741 g/mol. The molecule has 0 radical (unpaired) electrons. The van der Waals surface area contributed by atoms with E-state index in [9.17, 15) is 0 Å². The van der Waals surface area contributed by atoms with E-state index in [1.165, 1.54) is 108 Å². The Morgan fingerprint density at radius 2 is 1.04 bits per heavy atom. The second kappa shape index (κ2) is 13.5. The standard InChI is InChI=1S/C51H44N4Si/c1-3-20-40(21-4-1)56(41-22-5-2-6-23-41,43-25-16-19-39(36-43)55-48-30-11-8-26-44(48)45-27-9-12-31-49(45)55)42-24-15-18-38(35-42)53-34-32-37-17-13-14-33-54-51(50(37)53)46-28-7-10-29-47(46)52-54/h1-6,8-9,11-12,15-16,18-27,30-32,34-36H,7,10,13-14,17,28-29,33H2. The summed E-state index contributed by atoms with van der Waals surface area (Å²) in [6.45, 7) is 0.993. The molecule has 0 spiro atoms. The second-order valence-corrected chi connectivity index (χ2v) is 19.5. The van der Waals surface area contributed by atoms with Crippen molar-refractivity contribution in [1.29, 1.82) is 0 Å². The molecule has 5 heteroatoms. The summed E-state index contributed by atoms with van der Waals surface area (Å²) in [5.41, 5.74) is 11.8. The highest BCUT2D eigenvalue weighted by Crippen LogP contribution is 2.38. The first-order chi connectivity index (χ1) is 27.8. The fourth-order valence-corrected chi connectivity index (χ4v) is 14.9. The molecule has 0 N–H and O–H groups in total. The van der Waals surface area contributed by atoms with Gasteiger partial charge in [0.05, 0.1) is 28.1 Å². The van der Waals surface area contributed by atoms with Crippen LogP contribution in [0.1, 0.15) is 42.5 Å². The van der Waals surface area contributed by atoms with Crippen LogP contribution in [0.3, 0.4) is 0 Å². The zero-order chi connectivity index (χ0) is 37.1. The second-order valence-electron chi connectivity index (χ2n) is 15.7. The van der Waals surface area contributed by atoms with Crippen molar-refractivity contribution < 1.29 is 0 Å². The molecular formula is C51H44N4Si. The van der Waals surface area contributed by atoms with Gasteiger partial charge in [-0.1, -0.05) is 121 Å². The lowest BCUT2D eigenvalue weighted by atomic mass is 9.93. The molecule has 0 amide bonds. The zero-order valence-electron chi connectivity index (χ0n) is 31.6. The van der Waals surface area contributed by atoms with Gasteiger partial charge in [-0.05, 0) is 114 Å². The number of rotatable bonds is 6. The van der Waals surface area contributed by atoms with Crippen LogP contribution in [0.2, 0.25) is 0 Å². The molecule has 11 rings (SSSR count). The third-order valence-electron chi connectivity index (χ3n) is 12.6. The summed E-state index contributed by atoms with van der Waals surface area (Å²) < 4.78 is 7.32. The summed E-state index contributed by atoms with van der Waals surface area (Å²) in [6.07, 6.45) is 10.5. The van der Waals surface area contributed by atoms with E-state index in [-0.39, 0.29) is 0 Å². The molecule has 0 fully saturated rings. The highest BCUT2D eigenvalue weighted by atomic mass is 28.3. The van der Waals surface area contributed by atoms with Crippen LogP contribution >= 0.6 is 0 Å². The van der Waals surface area contributed by atoms with Crippen molar-refractivity contribution in [1.82, 2.24) is 18.9 Å². The van der Waals surface area contributed by atoms with Crippen molar-refractivity contribution in [3.05, 3.63) is 187 Å². The van der Waals surface area contributed by atoms with Crippen LogP contribution in [0.5, 0.6) is 0 Å². The molecule has 4 heterocycles. The van der Waals surface area contributed by atoms with Gasteiger partial charge in [0.25, 0.3) is 0 Å². The monoisotopic (exact) mass is 740 g/mol. The molecule has 3 aromatic heterocycles. The Morgan fingerprint density at radius 1 is 0.464 bits per heavy atom. The molecule has 2 aliphatic rings. The lowest BCUT2D eigenvalue weighted by Gasteiger charge is -2.35. The minimum atomic E-state index is -2.90. The maximum Gasteiger partial charge on any atom is 0.179 e. The number of para-hydroxylation sites is 2. The van der Waals surface area contributed by atoms with E-state index in [1.54, 1.807) is 0 Å². The molecule has 6 aromatic carbocycles. The van der Waals surface area contributed by atoms with Gasteiger partial charge < -0.3 is 9.13 Å². The SMILES string of the molecule is c1ccc([Si](c2ccccc2)(c2cccc(-n3ccc4c3-c3c5c(nn3CCCC4)CCCC5)c2)c2cccc(-n3c4ccccc4c4ccccc43)c2)cc1. The van der Waals surface area contributed by atoms with Crippen molar-refractivity contribution >= 4 is 50.6 Å². The first-order valence-corrected chi connectivity index (χ1v) is 22.4. The van der Waals surface area contributed by atoms with Crippen LogP contribution in [0.4, 0.5) is 0 Å². The smallest absolute Gasteiger partial charge is 0.179 e. The van der Waals surface area contributed by atoms with Gasteiger partial charge in [0, 0.05) is 40.5 Å². The van der Waals surface area contributed by atoms with Crippen molar-refractivity contribution in [2.45, 2.75) is 51.5 Å². The van der Waals surface area contributed by atoms with Gasteiger partial charge in [-0.15, -0.1) is 0 Å². The molecule has 0 unspecified atom stereocenters. The summed E-state index contributed by atoms with van der Waals surface area (Å²) in [7, 11) is -2.90. The highest BCUT2D eigenvalue weighted by Gasteiger charge is 2.42. The summed E-state index contributed by atoms with van der Waals surface area (Å²) in [4.78, 5) is 0. The Balaban J connectivity index is 1.16. The molecule has 56 heavy (non-hydrogen) atoms. The number of aryl methyl sites for hydroxylation is 3. The number of hydrogen-bond donors (Lipinski definition) is 0. The lowest BCUT2D eigenvalue weighted by molar-refractivity contribution is 0.547. The summed E-state index contributed by atoms with van der Waals surface area (Å²) in [5, 5.41) is 13.3. The zero-order valence-corrected chi connectivity index (χ0v) is 32.6. The van der Waals surface area contributed by atoms with E-state index < -0.39 is 8.07 Å². The molecule has 9 aromatic rings. The lowest BCUT2D eigenvalue weighted by Crippen LogP contribution is -2.74. The van der Waals surface area contributed by atoms with E-state index in [2.05, 4.69) is 184 Å². The fraction of sp³-hybridized carbons (Fsp3) is 0.157. The van der Waals surface area contributed by atoms with E-state index in [0.29, 0.717) is 0 Å². The molecular weight excluding hydrogens is 697 g/mol. The van der Waals surface area contributed by atoms with Crippen molar-refractivity contribution in [3.63, 3.8) is 0 Å². The maximum absolute atomic E-state index is 5.26. The highest BCUT2D eigenvalue weighted by molar-refractivity contribution is 7.20. The number of benzene rings is 6. The number of hydrogen-bond acceptors (Lipinski definition) is 1. The minimum Gasteiger partial charge on any atom is -0.315 e. The summed E-state index contributed by atoms with van der Waals surface area (Å²) >= 11 is 0. The Kier molecular flexibility index (Phi) is 8.02. The quantitative estimate of drug-likeness (QED) is 0.124. The first kappa shape index (κ1) is 33.2. The molecule has 1 aliphatic heterocycles. The topological polar surface area (TPSA) is 27.7 Å². The van der Waals surface area contributed by atoms with E-state index in [1.807, 2.05) is 0 Å². The Morgan fingerprint density at radius 3 is 1.73 bits per heavy atom. The Hall–Kier alpha value is -6.17. The number of aromatic nitrogens is 4. The van der Waals surface area contributed by atoms with Crippen molar-refractivity contribution in [2.75, 3.05) is 0 Å². The third-order valence-corrected chi connectivity index (χ3v) is 17.3. The largest absolute Gasteiger partial charge is 0.315 e. The van der Waals surface area contributed by atoms with E-state index >= 15 is 0 Å². The van der Waals surface area contributed by atoms with Crippen LogP contribution < -0.4 is 20.7 Å². The molecule has 0 atom stereocenters. The summed E-state index contributed by atoms with van der Waals surface area (Å²) in [5.74, 6) is 0. The van der Waals surface area contributed by atoms with Gasteiger partial charge in [-0.3, -0.25) is 4.68 Å². The maximum atomic E-state index is 5.26. The Bertz CT molecular complexity index is 2780. The van der Waals surface area contributed by atoms with Crippen LogP contribution in [0, 0.1) is 0 Å². The number of nitrogens with zero attached hydrogens (tertiary/aromatic N) is 4. The molecule has 0 saturated heterocycles. The molecule has 0 saturated carbocycles. The van der Waals surface area contributed by atoms with Gasteiger partial charge in [-0.25, -0.2) is 0 Å². The molecule has 4 nitrogen and oxygen atoms in total. The summed E-state index contributed by atoms with van der Waals surface area (Å²) in [6, 6.07) is 61.7. The van der Waals surface area contributed by atoms with Gasteiger partial charge in [0.2, 0.25) is 0 Å². The normalized spacial score (nSPS) is 14.2. The predicted octanol–water partition coefficient (Wildman–Crippen LogP) is 9.03. The van der Waals surface area contributed by atoms with Crippen molar-refractivity contribution in [2.24, 2.45) is 0 Å². The van der Waals surface area contributed by atoms with Crippen LogP contribution in [-0.2, 0) is 25.8 Å². The van der Waals surface area contributed by atoms with Crippen LogP contribution in [0.15, 0.2) is 170 Å².